The Morgan fingerprint density at radius 3 is 2.73 bits per heavy atom. The van der Waals surface area contributed by atoms with E-state index < -0.39 is 9.84 Å². The molecule has 0 amide bonds. The van der Waals surface area contributed by atoms with Crippen LogP contribution in [0.5, 0.6) is 0 Å². The molecular weight excluding hydrogens is 490 g/mol. The summed E-state index contributed by atoms with van der Waals surface area (Å²) in [5.41, 5.74) is 2.00. The van der Waals surface area contributed by atoms with E-state index in [1.54, 1.807) is 6.20 Å². The van der Waals surface area contributed by atoms with Gasteiger partial charge in [-0.05, 0) is 24.5 Å². The van der Waals surface area contributed by atoms with Gasteiger partial charge in [0.25, 0.3) is 0 Å². The van der Waals surface area contributed by atoms with Crippen molar-refractivity contribution in [1.82, 2.24) is 19.9 Å². The fraction of sp³-hybridized carbons (Fsp3) is 0.538. The van der Waals surface area contributed by atoms with Gasteiger partial charge in [0, 0.05) is 60.9 Å². The lowest BCUT2D eigenvalue weighted by molar-refractivity contribution is 0.179. The van der Waals surface area contributed by atoms with E-state index in [-0.39, 0.29) is 17.6 Å². The van der Waals surface area contributed by atoms with Crippen LogP contribution in [0.25, 0.3) is 10.8 Å². The van der Waals surface area contributed by atoms with Crippen LogP contribution in [0.3, 0.4) is 0 Å². The molecule has 37 heavy (non-hydrogen) atoms. The molecule has 0 aromatic carbocycles. The molecule has 3 saturated heterocycles. The van der Waals surface area contributed by atoms with Gasteiger partial charge in [-0.25, -0.2) is 18.4 Å². The number of rotatable bonds is 7. The van der Waals surface area contributed by atoms with Crippen LogP contribution >= 0.6 is 0 Å². The number of fused-ring (bicyclic) bond motifs is 2. The normalized spacial score (nSPS) is 22.1. The molecular formula is C26H33N7O3S. The van der Waals surface area contributed by atoms with Crippen LogP contribution in [-0.2, 0) is 14.6 Å². The first-order valence-electron chi connectivity index (χ1n) is 12.9. The SMILES string of the molecule is CC(C)c1ncc(N2CC(CS(C)(=O)=O)C2)c2cnc(Nc3ccnc(N4CCC5COC[C@@H]54)n3)cc12. The van der Waals surface area contributed by atoms with E-state index in [2.05, 4.69) is 33.9 Å². The Hall–Kier alpha value is -3.05. The van der Waals surface area contributed by atoms with Crippen molar-refractivity contribution in [3.8, 4) is 0 Å². The Morgan fingerprint density at radius 1 is 1.11 bits per heavy atom. The van der Waals surface area contributed by atoms with Crippen LogP contribution < -0.4 is 15.1 Å². The summed E-state index contributed by atoms with van der Waals surface area (Å²) in [4.78, 5) is 23.3. The lowest BCUT2D eigenvalue weighted by atomic mass is 9.98. The smallest absolute Gasteiger partial charge is 0.227 e. The number of hydrogen-bond donors (Lipinski definition) is 1. The monoisotopic (exact) mass is 523 g/mol. The Kier molecular flexibility index (Phi) is 6.15. The van der Waals surface area contributed by atoms with Gasteiger partial charge in [0.15, 0.2) is 0 Å². The van der Waals surface area contributed by atoms with Gasteiger partial charge in [0.2, 0.25) is 5.95 Å². The molecule has 196 valence electrons. The Morgan fingerprint density at radius 2 is 1.95 bits per heavy atom. The van der Waals surface area contributed by atoms with Crippen LogP contribution in [0.1, 0.15) is 31.9 Å². The third kappa shape index (κ3) is 4.82. The largest absolute Gasteiger partial charge is 0.379 e. The number of nitrogens with zero attached hydrogens (tertiary/aromatic N) is 6. The highest BCUT2D eigenvalue weighted by Gasteiger charge is 2.39. The van der Waals surface area contributed by atoms with Crippen molar-refractivity contribution in [2.24, 2.45) is 11.8 Å². The molecule has 3 aliphatic rings. The summed E-state index contributed by atoms with van der Waals surface area (Å²) in [6, 6.07) is 4.24. The van der Waals surface area contributed by atoms with Crippen molar-refractivity contribution < 1.29 is 13.2 Å². The molecule has 0 saturated carbocycles. The number of pyridine rings is 2. The second-order valence-corrected chi connectivity index (χ2v) is 13.1. The summed E-state index contributed by atoms with van der Waals surface area (Å²) in [5.74, 6) is 3.28. The molecule has 6 rings (SSSR count). The molecule has 0 bridgehead atoms. The third-order valence-electron chi connectivity index (χ3n) is 7.63. The zero-order valence-corrected chi connectivity index (χ0v) is 22.3. The quantitative estimate of drug-likeness (QED) is 0.496. The van der Waals surface area contributed by atoms with Crippen molar-refractivity contribution in [3.05, 3.63) is 36.4 Å². The minimum atomic E-state index is -2.98. The molecule has 3 aliphatic heterocycles. The minimum absolute atomic E-state index is 0.150. The van der Waals surface area contributed by atoms with E-state index in [0.717, 1.165) is 54.3 Å². The van der Waals surface area contributed by atoms with E-state index in [1.165, 1.54) is 6.26 Å². The Bertz CT molecular complexity index is 1420. The topological polar surface area (TPSA) is 113 Å². The van der Waals surface area contributed by atoms with E-state index in [0.29, 0.717) is 36.7 Å². The average Bonchev–Trinajstić information content (AvgIpc) is 3.44. The first-order chi connectivity index (χ1) is 17.7. The predicted octanol–water partition coefficient (Wildman–Crippen LogP) is 2.99. The lowest BCUT2D eigenvalue weighted by Gasteiger charge is -2.41. The Labute approximate surface area is 217 Å². The molecule has 3 aromatic rings. The maximum absolute atomic E-state index is 11.7. The molecule has 0 spiro atoms. The van der Waals surface area contributed by atoms with Crippen LogP contribution in [-0.4, -0.2) is 79.3 Å². The van der Waals surface area contributed by atoms with E-state index in [1.807, 2.05) is 24.5 Å². The molecule has 2 atom stereocenters. The van der Waals surface area contributed by atoms with Crippen LogP contribution in [0, 0.1) is 11.8 Å². The first kappa shape index (κ1) is 24.3. The predicted molar refractivity (Wildman–Crippen MR) is 144 cm³/mol. The summed E-state index contributed by atoms with van der Waals surface area (Å²) in [5, 5.41) is 5.43. The molecule has 3 fully saturated rings. The number of aromatic nitrogens is 4. The van der Waals surface area contributed by atoms with Crippen molar-refractivity contribution in [2.45, 2.75) is 32.2 Å². The molecule has 0 aliphatic carbocycles. The number of anilines is 4. The molecule has 1 N–H and O–H groups in total. The summed E-state index contributed by atoms with van der Waals surface area (Å²) in [7, 11) is -2.98. The molecule has 1 unspecified atom stereocenters. The maximum Gasteiger partial charge on any atom is 0.227 e. The van der Waals surface area contributed by atoms with Gasteiger partial charge in [-0.3, -0.25) is 4.98 Å². The number of ether oxygens (including phenoxy) is 1. The van der Waals surface area contributed by atoms with E-state index in [4.69, 9.17) is 19.7 Å². The molecule has 0 radical (unpaired) electrons. The molecule has 6 heterocycles. The van der Waals surface area contributed by atoms with Crippen LogP contribution in [0.4, 0.5) is 23.3 Å². The molecule has 11 heteroatoms. The lowest BCUT2D eigenvalue weighted by Crippen LogP contribution is -2.49. The number of sulfone groups is 1. The van der Waals surface area contributed by atoms with E-state index >= 15 is 0 Å². The van der Waals surface area contributed by atoms with Gasteiger partial charge < -0.3 is 19.9 Å². The highest BCUT2D eigenvalue weighted by molar-refractivity contribution is 7.90. The Balaban J connectivity index is 1.26. The number of hydrogen-bond acceptors (Lipinski definition) is 10. The van der Waals surface area contributed by atoms with Crippen LogP contribution in [0.2, 0.25) is 0 Å². The summed E-state index contributed by atoms with van der Waals surface area (Å²) in [6.07, 6.45) is 7.97. The second kappa shape index (κ2) is 9.36. The van der Waals surface area contributed by atoms with Gasteiger partial charge in [-0.1, -0.05) is 13.8 Å². The minimum Gasteiger partial charge on any atom is -0.379 e. The van der Waals surface area contributed by atoms with Gasteiger partial charge >= 0.3 is 0 Å². The van der Waals surface area contributed by atoms with Crippen LogP contribution in [0.15, 0.2) is 30.7 Å². The second-order valence-electron chi connectivity index (χ2n) is 10.9. The van der Waals surface area contributed by atoms with Gasteiger partial charge in [-0.15, -0.1) is 0 Å². The fourth-order valence-electron chi connectivity index (χ4n) is 5.84. The summed E-state index contributed by atoms with van der Waals surface area (Å²) in [6.45, 7) is 8.18. The van der Waals surface area contributed by atoms with Gasteiger partial charge in [0.1, 0.15) is 21.5 Å². The average molecular weight is 524 g/mol. The fourth-order valence-corrected chi connectivity index (χ4v) is 6.90. The van der Waals surface area contributed by atoms with Crippen molar-refractivity contribution in [3.63, 3.8) is 0 Å². The zero-order chi connectivity index (χ0) is 25.7. The van der Waals surface area contributed by atoms with E-state index in [9.17, 15) is 8.42 Å². The summed E-state index contributed by atoms with van der Waals surface area (Å²) >= 11 is 0. The van der Waals surface area contributed by atoms with Gasteiger partial charge in [-0.2, -0.15) is 4.98 Å². The maximum atomic E-state index is 11.7. The van der Waals surface area contributed by atoms with Gasteiger partial charge in [0.05, 0.1) is 42.6 Å². The highest BCUT2D eigenvalue weighted by Crippen LogP contribution is 2.36. The van der Waals surface area contributed by atoms with Crippen molar-refractivity contribution in [1.29, 1.82) is 0 Å². The summed E-state index contributed by atoms with van der Waals surface area (Å²) < 4.78 is 29.0. The standard InChI is InChI=1S/C26H33N7O3S/c1-16(2)25-19-8-24(28-9-20(19)21(10-29-25)32-11-17(12-32)15-37(3,34)35)30-23-4-6-27-26(31-23)33-7-5-18-13-36-14-22(18)33/h4,6,8-10,16-18,22H,5,7,11-15H2,1-3H3,(H,27,28,30,31)/t18?,22-/m0/s1. The molecule has 3 aromatic heterocycles. The first-order valence-corrected chi connectivity index (χ1v) is 15.0. The van der Waals surface area contributed by atoms with Crippen molar-refractivity contribution >= 4 is 43.9 Å². The highest BCUT2D eigenvalue weighted by atomic mass is 32.2. The zero-order valence-electron chi connectivity index (χ0n) is 21.5. The molecule has 10 nitrogen and oxygen atoms in total. The number of nitrogens with one attached hydrogen (secondary N) is 1. The van der Waals surface area contributed by atoms with Crippen molar-refractivity contribution in [2.75, 3.05) is 60.0 Å². The third-order valence-corrected chi connectivity index (χ3v) is 8.70.